The van der Waals surface area contributed by atoms with E-state index >= 15 is 0 Å². The lowest BCUT2D eigenvalue weighted by atomic mass is 10.0. The Balaban J connectivity index is 2.09. The van der Waals surface area contributed by atoms with Crippen LogP contribution in [0.25, 0.3) is 22.2 Å². The van der Waals surface area contributed by atoms with E-state index in [9.17, 15) is 4.79 Å². The second-order valence-corrected chi connectivity index (χ2v) is 6.80. The van der Waals surface area contributed by atoms with Gasteiger partial charge in [-0.25, -0.2) is 4.98 Å². The summed E-state index contributed by atoms with van der Waals surface area (Å²) in [5.74, 6) is 0.417. The predicted molar refractivity (Wildman–Crippen MR) is 115 cm³/mol. The third-order valence-corrected chi connectivity index (χ3v) is 4.31. The predicted octanol–water partition coefficient (Wildman–Crippen LogP) is 3.43. The number of ether oxygens (including phenoxy) is 1. The third kappa shape index (κ3) is 4.37. The Morgan fingerprint density at radius 3 is 2.54 bits per heavy atom. The molecule has 0 aliphatic heterocycles. The first-order valence-corrected chi connectivity index (χ1v) is 9.34. The highest BCUT2D eigenvalue weighted by molar-refractivity contribution is 7.80. The number of para-hydroxylation sites is 2. The molecule has 144 valence electrons. The molecular weight excluding hydrogens is 372 g/mol. The van der Waals surface area contributed by atoms with E-state index in [0.717, 1.165) is 22.2 Å². The zero-order chi connectivity index (χ0) is 20.1. The smallest absolute Gasteiger partial charge is 0.270 e. The summed E-state index contributed by atoms with van der Waals surface area (Å²) in [5, 5.41) is 3.82. The lowest BCUT2D eigenvalue weighted by molar-refractivity contribution is 0.0945. The van der Waals surface area contributed by atoms with Gasteiger partial charge in [-0.05, 0) is 50.3 Å². The van der Waals surface area contributed by atoms with E-state index in [1.807, 2.05) is 62.4 Å². The lowest BCUT2D eigenvalue weighted by Crippen LogP contribution is -2.45. The summed E-state index contributed by atoms with van der Waals surface area (Å²) in [6.45, 7) is 3.94. The van der Waals surface area contributed by atoms with Crippen molar-refractivity contribution in [3.8, 4) is 17.0 Å². The molecule has 0 saturated heterocycles. The number of carbonyl (C=O) groups is 1. The fourth-order valence-corrected chi connectivity index (χ4v) is 2.83. The Kier molecular flexibility index (Phi) is 6.06. The molecule has 0 aliphatic rings. The summed E-state index contributed by atoms with van der Waals surface area (Å²) < 4.78 is 5.93. The van der Waals surface area contributed by atoms with Crippen molar-refractivity contribution in [2.75, 3.05) is 7.05 Å². The van der Waals surface area contributed by atoms with Crippen LogP contribution in [0.4, 0.5) is 0 Å². The van der Waals surface area contributed by atoms with Crippen LogP contribution in [0.3, 0.4) is 0 Å². The van der Waals surface area contributed by atoms with Gasteiger partial charge in [-0.1, -0.05) is 30.3 Å². The third-order valence-electron chi connectivity index (χ3n) is 4.00. The number of hydrogen-bond donors (Lipinski definition) is 3. The van der Waals surface area contributed by atoms with Gasteiger partial charge in [-0.3, -0.25) is 15.6 Å². The monoisotopic (exact) mass is 394 g/mol. The van der Waals surface area contributed by atoms with Gasteiger partial charge in [-0.2, -0.15) is 0 Å². The molecule has 0 bridgehead atoms. The number of nitrogens with one attached hydrogen (secondary N) is 3. The summed E-state index contributed by atoms with van der Waals surface area (Å²) in [6.07, 6.45) is 0.0242. The maximum Gasteiger partial charge on any atom is 0.270 e. The Labute approximate surface area is 169 Å². The highest BCUT2D eigenvalue weighted by Gasteiger charge is 2.16. The first-order valence-electron chi connectivity index (χ1n) is 8.93. The molecule has 6 nitrogen and oxygen atoms in total. The molecule has 3 rings (SSSR count). The number of carbonyl (C=O) groups excluding carboxylic acids is 1. The minimum atomic E-state index is -0.306. The van der Waals surface area contributed by atoms with Crippen LogP contribution in [0.1, 0.15) is 24.2 Å². The van der Waals surface area contributed by atoms with E-state index in [1.54, 1.807) is 13.1 Å². The van der Waals surface area contributed by atoms with Crippen molar-refractivity contribution >= 4 is 34.1 Å². The summed E-state index contributed by atoms with van der Waals surface area (Å²) in [4.78, 5) is 17.6. The van der Waals surface area contributed by atoms with Crippen LogP contribution >= 0.6 is 12.2 Å². The van der Waals surface area contributed by atoms with Crippen molar-refractivity contribution in [1.29, 1.82) is 0 Å². The molecule has 1 amide bonds. The van der Waals surface area contributed by atoms with Gasteiger partial charge in [0.25, 0.3) is 5.91 Å². The molecular formula is C21H22N4O2S. The van der Waals surface area contributed by atoms with Crippen molar-refractivity contribution in [1.82, 2.24) is 21.2 Å². The van der Waals surface area contributed by atoms with E-state index in [-0.39, 0.29) is 12.0 Å². The van der Waals surface area contributed by atoms with Gasteiger partial charge in [0.15, 0.2) is 5.11 Å². The fourth-order valence-electron chi connectivity index (χ4n) is 2.78. The van der Waals surface area contributed by atoms with Gasteiger partial charge in [-0.15, -0.1) is 0 Å². The standard InChI is InChI=1S/C21H22N4O2S/c1-13(2)27-19-11-7-5-9-15(19)18-12-16(20(26)24-25-21(28)22-3)14-8-4-6-10-17(14)23-18/h4-13H,1-3H3,(H,24,26)(H2,22,25,28). The van der Waals surface area contributed by atoms with Crippen molar-refractivity contribution < 1.29 is 9.53 Å². The number of pyridine rings is 1. The van der Waals surface area contributed by atoms with Crippen molar-refractivity contribution in [2.45, 2.75) is 20.0 Å². The van der Waals surface area contributed by atoms with Gasteiger partial charge >= 0.3 is 0 Å². The number of nitrogens with zero attached hydrogens (tertiary/aromatic N) is 1. The maximum absolute atomic E-state index is 12.8. The van der Waals surface area contributed by atoms with Crippen LogP contribution in [0.2, 0.25) is 0 Å². The molecule has 0 aliphatic carbocycles. The topological polar surface area (TPSA) is 75.3 Å². The number of rotatable bonds is 4. The van der Waals surface area contributed by atoms with Crippen molar-refractivity contribution in [3.63, 3.8) is 0 Å². The molecule has 3 N–H and O–H groups in total. The van der Waals surface area contributed by atoms with Crippen molar-refractivity contribution in [3.05, 3.63) is 60.2 Å². The lowest BCUT2D eigenvalue weighted by Gasteiger charge is -2.16. The van der Waals surface area contributed by atoms with Crippen LogP contribution in [-0.2, 0) is 0 Å². The number of hydrazine groups is 1. The van der Waals surface area contributed by atoms with Crippen LogP contribution < -0.4 is 20.9 Å². The SMILES string of the molecule is CNC(=S)NNC(=O)c1cc(-c2ccccc2OC(C)C)nc2ccccc12. The number of thiocarbonyl (C=S) groups is 1. The molecule has 1 heterocycles. The zero-order valence-electron chi connectivity index (χ0n) is 15.9. The number of amides is 1. The maximum atomic E-state index is 12.8. The number of fused-ring (bicyclic) bond motifs is 1. The summed E-state index contributed by atoms with van der Waals surface area (Å²) in [5.41, 5.74) is 7.99. The summed E-state index contributed by atoms with van der Waals surface area (Å²) >= 11 is 5.01. The summed E-state index contributed by atoms with van der Waals surface area (Å²) in [7, 11) is 1.67. The normalized spacial score (nSPS) is 10.6. The van der Waals surface area contributed by atoms with Crippen LogP contribution in [-0.4, -0.2) is 29.2 Å². The molecule has 0 spiro atoms. The second kappa shape index (κ2) is 8.67. The molecule has 0 atom stereocenters. The van der Waals surface area contributed by atoms with Crippen LogP contribution in [0, 0.1) is 0 Å². The van der Waals surface area contributed by atoms with E-state index in [1.165, 1.54) is 0 Å². The molecule has 7 heteroatoms. The Hall–Kier alpha value is -3.19. The Morgan fingerprint density at radius 2 is 1.79 bits per heavy atom. The van der Waals surface area contributed by atoms with E-state index < -0.39 is 0 Å². The van der Waals surface area contributed by atoms with E-state index in [0.29, 0.717) is 16.4 Å². The minimum absolute atomic E-state index is 0.0242. The largest absolute Gasteiger partial charge is 0.490 e. The number of benzene rings is 2. The quantitative estimate of drug-likeness (QED) is 0.465. The van der Waals surface area contributed by atoms with Crippen LogP contribution in [0.5, 0.6) is 5.75 Å². The number of aromatic nitrogens is 1. The molecule has 2 aromatic carbocycles. The summed E-state index contributed by atoms with van der Waals surface area (Å²) in [6, 6.07) is 17.0. The molecule has 0 radical (unpaired) electrons. The van der Waals surface area contributed by atoms with Gasteiger partial charge in [0.05, 0.1) is 22.9 Å². The van der Waals surface area contributed by atoms with Gasteiger partial charge in [0.2, 0.25) is 0 Å². The Bertz CT molecular complexity index is 1020. The molecule has 1 aromatic heterocycles. The highest BCUT2D eigenvalue weighted by Crippen LogP contribution is 2.32. The van der Waals surface area contributed by atoms with Crippen molar-refractivity contribution in [2.24, 2.45) is 0 Å². The first kappa shape index (κ1) is 19.6. The van der Waals surface area contributed by atoms with Gasteiger partial charge < -0.3 is 10.1 Å². The molecule has 0 saturated carbocycles. The molecule has 3 aromatic rings. The average Bonchev–Trinajstić information content (AvgIpc) is 2.70. The fraction of sp³-hybridized carbons (Fsp3) is 0.190. The second-order valence-electron chi connectivity index (χ2n) is 6.39. The van der Waals surface area contributed by atoms with Gasteiger partial charge in [0, 0.05) is 18.0 Å². The first-order chi connectivity index (χ1) is 13.5. The highest BCUT2D eigenvalue weighted by atomic mass is 32.1. The molecule has 0 unspecified atom stereocenters. The van der Waals surface area contributed by atoms with Crippen LogP contribution in [0.15, 0.2) is 54.6 Å². The van der Waals surface area contributed by atoms with E-state index in [4.69, 9.17) is 21.9 Å². The zero-order valence-corrected chi connectivity index (χ0v) is 16.8. The average molecular weight is 395 g/mol. The molecule has 28 heavy (non-hydrogen) atoms. The number of hydrogen-bond acceptors (Lipinski definition) is 4. The Morgan fingerprint density at radius 1 is 1.07 bits per heavy atom. The van der Waals surface area contributed by atoms with E-state index in [2.05, 4.69) is 16.2 Å². The van der Waals surface area contributed by atoms with Gasteiger partial charge in [0.1, 0.15) is 5.75 Å². The molecule has 0 fully saturated rings. The minimum Gasteiger partial charge on any atom is -0.490 e.